The predicted octanol–water partition coefficient (Wildman–Crippen LogP) is 4.20. The van der Waals surface area contributed by atoms with E-state index >= 15 is 0 Å². The third kappa shape index (κ3) is 4.51. The second-order valence-electron chi connectivity index (χ2n) is 7.22. The third-order valence-corrected chi connectivity index (χ3v) is 4.43. The quantitative estimate of drug-likeness (QED) is 0.809. The lowest BCUT2D eigenvalue weighted by Gasteiger charge is -2.30. The van der Waals surface area contributed by atoms with Crippen LogP contribution >= 0.6 is 0 Å². The highest BCUT2D eigenvalue weighted by molar-refractivity contribution is 5.95. The zero-order valence-electron chi connectivity index (χ0n) is 16.5. The van der Waals surface area contributed by atoms with Gasteiger partial charge in [-0.2, -0.15) is 0 Å². The molecular weight excluding hydrogens is 324 g/mol. The summed E-state index contributed by atoms with van der Waals surface area (Å²) in [6, 6.07) is 11.4. The van der Waals surface area contributed by atoms with Gasteiger partial charge >= 0.3 is 0 Å². The Labute approximate surface area is 155 Å². The van der Waals surface area contributed by atoms with Crippen molar-refractivity contribution < 1.29 is 4.79 Å². The molecule has 0 spiro atoms. The van der Waals surface area contributed by atoms with Gasteiger partial charge in [0.15, 0.2) is 0 Å². The molecule has 0 radical (unpaired) electrons. The minimum Gasteiger partial charge on any atom is -0.334 e. The Bertz CT molecular complexity index is 850. The van der Waals surface area contributed by atoms with E-state index < -0.39 is 0 Å². The van der Waals surface area contributed by atoms with Crippen LogP contribution in [0.3, 0.4) is 0 Å². The van der Waals surface area contributed by atoms with E-state index in [4.69, 9.17) is 0 Å². The van der Waals surface area contributed by atoms with Gasteiger partial charge in [0.05, 0.1) is 0 Å². The monoisotopic (exact) mass is 352 g/mol. The van der Waals surface area contributed by atoms with Crippen molar-refractivity contribution in [3.63, 3.8) is 0 Å². The lowest BCUT2D eigenvalue weighted by atomic mass is 10.0. The smallest absolute Gasteiger partial charge is 0.254 e. The van der Waals surface area contributed by atoms with Crippen molar-refractivity contribution in [1.82, 2.24) is 9.47 Å². The zero-order valence-corrected chi connectivity index (χ0v) is 16.5. The summed E-state index contributed by atoms with van der Waals surface area (Å²) in [6.45, 7) is 10.2. The first-order valence-electron chi connectivity index (χ1n) is 8.98. The van der Waals surface area contributed by atoms with Crippen molar-refractivity contribution in [2.75, 3.05) is 0 Å². The summed E-state index contributed by atoms with van der Waals surface area (Å²) in [5.41, 5.74) is 3.77. The topological polar surface area (TPSA) is 42.3 Å². The molecule has 0 saturated heterocycles. The van der Waals surface area contributed by atoms with E-state index in [1.165, 1.54) is 0 Å². The Hall–Kier alpha value is -2.62. The van der Waals surface area contributed by atoms with Gasteiger partial charge in [-0.15, -0.1) is 0 Å². The molecule has 2 aromatic rings. The number of carbonyl (C=O) groups is 1. The number of nitrogens with zero attached hydrogens (tertiary/aromatic N) is 2. The minimum absolute atomic E-state index is 0.0254. The summed E-state index contributed by atoms with van der Waals surface area (Å²) in [6.07, 6.45) is 3.84. The Balaban J connectivity index is 2.25. The van der Waals surface area contributed by atoms with Crippen LogP contribution in [0.2, 0.25) is 0 Å². The number of hydrogen-bond acceptors (Lipinski definition) is 2. The van der Waals surface area contributed by atoms with E-state index in [0.29, 0.717) is 5.56 Å². The first-order valence-corrected chi connectivity index (χ1v) is 8.98. The largest absolute Gasteiger partial charge is 0.334 e. The Kier molecular flexibility index (Phi) is 6.19. The van der Waals surface area contributed by atoms with E-state index in [1.54, 1.807) is 17.7 Å². The van der Waals surface area contributed by atoms with Crippen molar-refractivity contribution in [2.24, 2.45) is 7.05 Å². The number of carbonyl (C=O) groups excluding carboxylic acids is 1. The Morgan fingerprint density at radius 3 is 2.00 bits per heavy atom. The van der Waals surface area contributed by atoms with Crippen LogP contribution in [0.25, 0.3) is 11.6 Å². The number of aryl methyl sites for hydroxylation is 1. The molecule has 2 rings (SSSR count). The first kappa shape index (κ1) is 19.7. The molecule has 0 fully saturated rings. The Morgan fingerprint density at radius 2 is 1.50 bits per heavy atom. The highest BCUT2D eigenvalue weighted by atomic mass is 16.2. The van der Waals surface area contributed by atoms with E-state index in [9.17, 15) is 9.59 Å². The predicted molar refractivity (Wildman–Crippen MR) is 108 cm³/mol. The van der Waals surface area contributed by atoms with Crippen molar-refractivity contribution in [3.05, 3.63) is 69.6 Å². The molecule has 4 nitrogen and oxygen atoms in total. The van der Waals surface area contributed by atoms with Gasteiger partial charge in [0, 0.05) is 37.0 Å². The summed E-state index contributed by atoms with van der Waals surface area (Å²) < 4.78 is 1.56. The number of rotatable bonds is 5. The van der Waals surface area contributed by atoms with Crippen molar-refractivity contribution >= 4 is 17.6 Å². The summed E-state index contributed by atoms with van der Waals surface area (Å²) >= 11 is 0. The fourth-order valence-electron chi connectivity index (χ4n) is 3.12. The molecule has 0 atom stereocenters. The lowest BCUT2D eigenvalue weighted by Crippen LogP contribution is -2.42. The minimum atomic E-state index is -0.0254. The molecule has 0 bridgehead atoms. The molecule has 138 valence electrons. The van der Waals surface area contributed by atoms with Gasteiger partial charge in [-0.25, -0.2) is 0 Å². The van der Waals surface area contributed by atoms with E-state index in [2.05, 4.69) is 0 Å². The van der Waals surface area contributed by atoms with Crippen molar-refractivity contribution in [3.8, 4) is 0 Å². The maximum absolute atomic E-state index is 12.7. The normalized spacial score (nSPS) is 11.9. The van der Waals surface area contributed by atoms with Crippen LogP contribution < -0.4 is 5.56 Å². The summed E-state index contributed by atoms with van der Waals surface area (Å²) in [5, 5.41) is 0. The van der Waals surface area contributed by atoms with E-state index in [1.807, 2.05) is 82.1 Å². The van der Waals surface area contributed by atoms with Gasteiger partial charge < -0.3 is 9.47 Å². The molecule has 0 saturated carbocycles. The average molecular weight is 352 g/mol. The number of hydrogen-bond donors (Lipinski definition) is 0. The molecule has 1 amide bonds. The highest BCUT2D eigenvalue weighted by Crippen LogP contribution is 2.19. The number of aromatic nitrogens is 1. The number of benzene rings is 1. The lowest BCUT2D eigenvalue weighted by molar-refractivity contribution is 0.0643. The summed E-state index contributed by atoms with van der Waals surface area (Å²) in [5.74, 6) is 0.0567. The van der Waals surface area contributed by atoms with Crippen LogP contribution in [-0.2, 0) is 7.05 Å². The average Bonchev–Trinajstić information content (AvgIpc) is 2.57. The standard InChI is InChI=1S/C22H28N2O2/c1-15(2)24(16(3)4)22(26)20-10-8-19(9-11-20)17(5)13-18-7-12-21(25)23(6)14-18/h7-16H,1-6H3/b17-13+. The van der Waals surface area contributed by atoms with Gasteiger partial charge in [0.2, 0.25) is 5.56 Å². The molecule has 0 aliphatic carbocycles. The fourth-order valence-corrected chi connectivity index (χ4v) is 3.12. The van der Waals surface area contributed by atoms with Crippen LogP contribution in [-0.4, -0.2) is 27.5 Å². The fraction of sp³-hybridized carbons (Fsp3) is 0.364. The van der Waals surface area contributed by atoms with Crippen LogP contribution in [0.1, 0.15) is 56.1 Å². The third-order valence-electron chi connectivity index (χ3n) is 4.43. The molecule has 26 heavy (non-hydrogen) atoms. The van der Waals surface area contributed by atoms with Crippen molar-refractivity contribution in [2.45, 2.75) is 46.7 Å². The number of pyridine rings is 1. The molecule has 4 heteroatoms. The SMILES string of the molecule is C/C(=C\c1ccc(=O)n(C)c1)c1ccc(C(=O)N(C(C)C)C(C)C)cc1. The molecule has 1 heterocycles. The van der Waals surface area contributed by atoms with E-state index in [0.717, 1.165) is 16.7 Å². The molecule has 0 aliphatic rings. The number of amides is 1. The summed E-state index contributed by atoms with van der Waals surface area (Å²) in [7, 11) is 1.74. The zero-order chi connectivity index (χ0) is 19.4. The van der Waals surface area contributed by atoms with Gasteiger partial charge in [0.25, 0.3) is 5.91 Å². The molecule has 1 aromatic carbocycles. The van der Waals surface area contributed by atoms with Crippen molar-refractivity contribution in [1.29, 1.82) is 0 Å². The molecular formula is C22H28N2O2. The van der Waals surface area contributed by atoms with Crippen LogP contribution in [0.15, 0.2) is 47.4 Å². The molecule has 0 N–H and O–H groups in total. The summed E-state index contributed by atoms with van der Waals surface area (Å²) in [4.78, 5) is 26.1. The van der Waals surface area contributed by atoms with Crippen LogP contribution in [0.4, 0.5) is 0 Å². The second kappa shape index (κ2) is 8.17. The van der Waals surface area contributed by atoms with Gasteiger partial charge in [-0.05, 0) is 75.6 Å². The molecule has 1 aromatic heterocycles. The molecule has 0 aliphatic heterocycles. The van der Waals surface area contributed by atoms with Gasteiger partial charge in [-0.3, -0.25) is 9.59 Å². The van der Waals surface area contributed by atoms with E-state index in [-0.39, 0.29) is 23.6 Å². The second-order valence-corrected chi connectivity index (χ2v) is 7.22. The number of allylic oxidation sites excluding steroid dienone is 1. The van der Waals surface area contributed by atoms with Crippen LogP contribution in [0, 0.1) is 0 Å². The molecule has 0 unspecified atom stereocenters. The maximum atomic E-state index is 12.7. The van der Waals surface area contributed by atoms with Crippen LogP contribution in [0.5, 0.6) is 0 Å². The maximum Gasteiger partial charge on any atom is 0.254 e. The van der Waals surface area contributed by atoms with Gasteiger partial charge in [-0.1, -0.05) is 12.1 Å². The first-order chi connectivity index (χ1) is 12.2. The Morgan fingerprint density at radius 1 is 0.962 bits per heavy atom. The van der Waals surface area contributed by atoms with Gasteiger partial charge in [0.1, 0.15) is 0 Å². The highest BCUT2D eigenvalue weighted by Gasteiger charge is 2.21.